The van der Waals surface area contributed by atoms with E-state index < -0.39 is 0 Å². The van der Waals surface area contributed by atoms with Crippen LogP contribution in [0.15, 0.2) is 24.3 Å². The van der Waals surface area contributed by atoms with E-state index in [0.717, 1.165) is 36.8 Å². The number of likely N-dealkylation sites (tertiary alicyclic amines) is 1. The number of hydrogen-bond acceptors (Lipinski definition) is 4. The molecule has 0 aliphatic carbocycles. The van der Waals surface area contributed by atoms with Crippen molar-refractivity contribution in [1.29, 1.82) is 0 Å². The van der Waals surface area contributed by atoms with Crippen molar-refractivity contribution in [2.45, 2.75) is 25.8 Å². The predicted molar refractivity (Wildman–Crippen MR) is 96.9 cm³/mol. The molecule has 25 heavy (non-hydrogen) atoms. The van der Waals surface area contributed by atoms with Crippen LogP contribution >= 0.6 is 0 Å². The molecule has 1 aliphatic rings. The van der Waals surface area contributed by atoms with Crippen LogP contribution in [0.1, 0.15) is 40.6 Å². The molecule has 2 aromatic rings. The minimum Gasteiger partial charge on any atom is -0.461 e. The average Bonchev–Trinajstić information content (AvgIpc) is 3.04. The van der Waals surface area contributed by atoms with E-state index >= 15 is 0 Å². The largest absolute Gasteiger partial charge is 0.461 e. The van der Waals surface area contributed by atoms with Crippen molar-refractivity contribution in [3.8, 4) is 0 Å². The number of ether oxygens (including phenoxy) is 1. The Morgan fingerprint density at radius 2 is 2.12 bits per heavy atom. The summed E-state index contributed by atoms with van der Waals surface area (Å²) in [5, 5.41) is 0.843. The molecule has 1 aromatic heterocycles. The number of fused-ring (bicyclic) bond motifs is 1. The Bertz CT molecular complexity index is 781. The van der Waals surface area contributed by atoms with Crippen molar-refractivity contribution in [2.75, 3.05) is 33.8 Å². The number of likely N-dealkylation sites (N-methyl/N-ethyl adjacent to an activating group) is 1. The summed E-state index contributed by atoms with van der Waals surface area (Å²) in [7, 11) is 4.11. The first kappa shape index (κ1) is 17.5. The summed E-state index contributed by atoms with van der Waals surface area (Å²) in [6.07, 6.45) is 2.14. The highest BCUT2D eigenvalue weighted by molar-refractivity contribution is 6.00. The van der Waals surface area contributed by atoms with Gasteiger partial charge in [0, 0.05) is 35.6 Å². The van der Waals surface area contributed by atoms with Crippen molar-refractivity contribution in [2.24, 2.45) is 0 Å². The number of benzene rings is 1. The molecule has 134 valence electrons. The van der Waals surface area contributed by atoms with E-state index in [1.165, 1.54) is 0 Å². The van der Waals surface area contributed by atoms with Gasteiger partial charge in [0.1, 0.15) is 5.69 Å². The van der Waals surface area contributed by atoms with E-state index in [9.17, 15) is 9.59 Å². The molecule has 1 atom stereocenters. The number of rotatable bonds is 4. The molecule has 0 bridgehead atoms. The number of aromatic amines is 1. The van der Waals surface area contributed by atoms with E-state index in [-0.39, 0.29) is 11.9 Å². The van der Waals surface area contributed by atoms with Crippen LogP contribution in [0.2, 0.25) is 0 Å². The number of hydrogen-bond donors (Lipinski definition) is 1. The maximum atomic E-state index is 12.9. The van der Waals surface area contributed by atoms with Crippen LogP contribution in [0, 0.1) is 0 Å². The van der Waals surface area contributed by atoms with Gasteiger partial charge in [-0.25, -0.2) is 4.79 Å². The van der Waals surface area contributed by atoms with Crippen LogP contribution in [-0.2, 0) is 4.74 Å². The number of esters is 1. The number of carbonyl (C=O) groups excluding carboxylic acids is 2. The van der Waals surface area contributed by atoms with Crippen LogP contribution in [0.25, 0.3) is 10.9 Å². The summed E-state index contributed by atoms with van der Waals surface area (Å²) in [4.78, 5) is 31.9. The van der Waals surface area contributed by atoms with Crippen LogP contribution in [0.4, 0.5) is 0 Å². The highest BCUT2D eigenvalue weighted by atomic mass is 16.5. The van der Waals surface area contributed by atoms with Gasteiger partial charge >= 0.3 is 5.97 Å². The van der Waals surface area contributed by atoms with Crippen molar-refractivity contribution in [3.05, 3.63) is 35.5 Å². The van der Waals surface area contributed by atoms with Gasteiger partial charge in [0.2, 0.25) is 0 Å². The SMILES string of the molecule is CCOC(=O)c1cc2cc(C(=O)N3CCCC(N(C)C)C3)ccc2[nH]1. The maximum absolute atomic E-state index is 12.9. The van der Waals surface area contributed by atoms with Crippen LogP contribution in [-0.4, -0.2) is 66.5 Å². The fourth-order valence-corrected chi connectivity index (χ4v) is 3.33. The smallest absolute Gasteiger partial charge is 0.354 e. The molecule has 2 heterocycles. The average molecular weight is 343 g/mol. The number of nitrogens with one attached hydrogen (secondary N) is 1. The highest BCUT2D eigenvalue weighted by Gasteiger charge is 2.25. The normalized spacial score (nSPS) is 17.9. The Morgan fingerprint density at radius 1 is 1.32 bits per heavy atom. The fourth-order valence-electron chi connectivity index (χ4n) is 3.33. The zero-order valence-corrected chi connectivity index (χ0v) is 15.0. The van der Waals surface area contributed by atoms with Gasteiger partial charge in [-0.1, -0.05) is 0 Å². The Kier molecular flexibility index (Phi) is 5.08. The fraction of sp³-hybridized carbons (Fsp3) is 0.474. The summed E-state index contributed by atoms with van der Waals surface area (Å²) in [5.74, 6) is -0.330. The lowest BCUT2D eigenvalue weighted by molar-refractivity contribution is 0.0520. The second-order valence-electron chi connectivity index (χ2n) is 6.72. The summed E-state index contributed by atoms with van der Waals surface area (Å²) in [6.45, 7) is 3.66. The molecule has 1 saturated heterocycles. The second kappa shape index (κ2) is 7.27. The number of carbonyl (C=O) groups is 2. The van der Waals surface area contributed by atoms with Gasteiger partial charge in [-0.3, -0.25) is 4.79 Å². The molecule has 1 aromatic carbocycles. The molecule has 0 spiro atoms. The second-order valence-corrected chi connectivity index (χ2v) is 6.72. The van der Waals surface area contributed by atoms with E-state index in [1.54, 1.807) is 13.0 Å². The Balaban J connectivity index is 1.81. The molecule has 6 nitrogen and oxygen atoms in total. The van der Waals surface area contributed by atoms with Crippen LogP contribution < -0.4 is 0 Å². The van der Waals surface area contributed by atoms with Crippen molar-refractivity contribution in [1.82, 2.24) is 14.8 Å². The van der Waals surface area contributed by atoms with Gasteiger partial charge in [0.05, 0.1) is 6.61 Å². The standard InChI is InChI=1S/C19H25N3O3/c1-4-25-19(24)17-11-14-10-13(7-8-16(14)20-17)18(23)22-9-5-6-15(12-22)21(2)3/h7-8,10-11,15,20H,4-6,9,12H2,1-3H3. The van der Waals surface area contributed by atoms with Gasteiger partial charge in [-0.15, -0.1) is 0 Å². The Hall–Kier alpha value is -2.34. The molecule has 0 saturated carbocycles. The minimum atomic E-state index is -0.378. The molecular formula is C19H25N3O3. The van der Waals surface area contributed by atoms with Gasteiger partial charge in [-0.2, -0.15) is 0 Å². The third-order valence-electron chi connectivity index (χ3n) is 4.78. The molecule has 1 aliphatic heterocycles. The number of piperidine rings is 1. The number of nitrogens with zero attached hydrogens (tertiary/aromatic N) is 2. The monoisotopic (exact) mass is 343 g/mol. The molecule has 1 amide bonds. The quantitative estimate of drug-likeness (QED) is 0.867. The molecular weight excluding hydrogens is 318 g/mol. The third kappa shape index (κ3) is 3.69. The molecule has 1 unspecified atom stereocenters. The lowest BCUT2D eigenvalue weighted by atomic mass is 10.0. The topological polar surface area (TPSA) is 65.6 Å². The Labute approximate surface area is 147 Å². The zero-order chi connectivity index (χ0) is 18.0. The first-order valence-electron chi connectivity index (χ1n) is 8.75. The molecule has 3 rings (SSSR count). The first-order valence-corrected chi connectivity index (χ1v) is 8.75. The summed E-state index contributed by atoms with van der Waals surface area (Å²) in [6, 6.07) is 7.65. The number of amides is 1. The summed E-state index contributed by atoms with van der Waals surface area (Å²) in [5.41, 5.74) is 1.89. The zero-order valence-electron chi connectivity index (χ0n) is 15.0. The number of H-pyrrole nitrogens is 1. The van der Waals surface area contributed by atoms with Gasteiger partial charge < -0.3 is 19.5 Å². The Morgan fingerprint density at radius 3 is 2.84 bits per heavy atom. The van der Waals surface area contributed by atoms with E-state index in [0.29, 0.717) is 23.9 Å². The molecule has 6 heteroatoms. The van der Waals surface area contributed by atoms with Gasteiger partial charge in [0.25, 0.3) is 5.91 Å². The molecule has 1 N–H and O–H groups in total. The van der Waals surface area contributed by atoms with E-state index in [1.807, 2.05) is 23.1 Å². The van der Waals surface area contributed by atoms with Crippen molar-refractivity contribution >= 4 is 22.8 Å². The summed E-state index contributed by atoms with van der Waals surface area (Å²) < 4.78 is 5.01. The minimum absolute atomic E-state index is 0.0485. The van der Waals surface area contributed by atoms with Crippen molar-refractivity contribution in [3.63, 3.8) is 0 Å². The molecule has 1 fully saturated rings. The maximum Gasteiger partial charge on any atom is 0.354 e. The lowest BCUT2D eigenvalue weighted by Crippen LogP contribution is -2.47. The highest BCUT2D eigenvalue weighted by Crippen LogP contribution is 2.21. The molecule has 0 radical (unpaired) electrons. The van der Waals surface area contributed by atoms with Gasteiger partial charge in [0.15, 0.2) is 0 Å². The predicted octanol–water partition coefficient (Wildman–Crippen LogP) is 2.51. The third-order valence-corrected chi connectivity index (χ3v) is 4.78. The first-order chi connectivity index (χ1) is 12.0. The van der Waals surface area contributed by atoms with Crippen LogP contribution in [0.3, 0.4) is 0 Å². The lowest BCUT2D eigenvalue weighted by Gasteiger charge is -2.36. The van der Waals surface area contributed by atoms with Crippen molar-refractivity contribution < 1.29 is 14.3 Å². The number of aromatic nitrogens is 1. The summed E-state index contributed by atoms with van der Waals surface area (Å²) >= 11 is 0. The van der Waals surface area contributed by atoms with E-state index in [4.69, 9.17) is 4.74 Å². The van der Waals surface area contributed by atoms with Crippen LogP contribution in [0.5, 0.6) is 0 Å². The van der Waals surface area contributed by atoms with Gasteiger partial charge in [-0.05, 0) is 58.1 Å². The van der Waals surface area contributed by atoms with E-state index in [2.05, 4.69) is 24.0 Å².